The fraction of sp³-hybridized carbons (Fsp3) is 0.545. The maximum absolute atomic E-state index is 10.9. The molecule has 1 amide bonds. The lowest BCUT2D eigenvalue weighted by Gasteiger charge is -2.41. The average Bonchev–Trinajstić information content (AvgIpc) is 2.60. The number of aromatic nitrogens is 2. The lowest BCUT2D eigenvalue weighted by atomic mass is 9.93. The first kappa shape index (κ1) is 11.7. The lowest BCUT2D eigenvalue weighted by molar-refractivity contribution is 0.0505. The first-order valence-electron chi connectivity index (χ1n) is 5.82. The third-order valence-electron chi connectivity index (χ3n) is 3.64. The predicted octanol–water partition coefficient (Wildman–Crippen LogP) is 0.924. The van der Waals surface area contributed by atoms with Crippen molar-refractivity contribution in [1.29, 1.82) is 0 Å². The van der Waals surface area contributed by atoms with Crippen molar-refractivity contribution in [3.63, 3.8) is 0 Å². The molecule has 0 spiro atoms. The van der Waals surface area contributed by atoms with E-state index in [0.29, 0.717) is 12.5 Å². The number of fused-ring (bicyclic) bond motifs is 1. The van der Waals surface area contributed by atoms with Gasteiger partial charge in [-0.25, -0.2) is 14.8 Å². The van der Waals surface area contributed by atoms with Gasteiger partial charge in [0.05, 0.1) is 6.04 Å². The van der Waals surface area contributed by atoms with E-state index in [1.54, 1.807) is 12.4 Å². The molecule has 18 heavy (non-hydrogen) atoms. The molecule has 0 aliphatic carbocycles. The minimum absolute atomic E-state index is 0.163. The third kappa shape index (κ3) is 2.02. The zero-order chi connectivity index (χ0) is 12.7. The van der Waals surface area contributed by atoms with Crippen LogP contribution in [0, 0.1) is 5.92 Å². The molecule has 1 aromatic heterocycles. The number of rotatable bonds is 2. The van der Waals surface area contributed by atoms with Gasteiger partial charge in [-0.05, 0) is 11.6 Å². The van der Waals surface area contributed by atoms with Gasteiger partial charge in [-0.3, -0.25) is 4.90 Å². The summed E-state index contributed by atoms with van der Waals surface area (Å²) in [6.45, 7) is 3.14. The van der Waals surface area contributed by atoms with Crippen molar-refractivity contribution in [2.45, 2.75) is 12.6 Å². The number of likely N-dealkylation sites (tertiary alicyclic amines) is 2. The second-order valence-electron chi connectivity index (χ2n) is 4.82. The highest BCUT2D eigenvalue weighted by Crippen LogP contribution is 2.32. The van der Waals surface area contributed by atoms with Crippen LogP contribution in [-0.4, -0.2) is 56.6 Å². The third-order valence-corrected chi connectivity index (χ3v) is 3.83. The standard InChI is InChI=1S/C11H13ClN4O2/c12-10-13-1-7(2-14-10)3-15-4-8-5-16(11(17)18)9(8)6-15/h1-2,8-9H,3-6H2,(H,17,18)/t8-,9-/m1/s1. The topological polar surface area (TPSA) is 69.6 Å². The van der Waals surface area contributed by atoms with Gasteiger partial charge in [-0.15, -0.1) is 0 Å². The maximum Gasteiger partial charge on any atom is 0.407 e. The number of carbonyl (C=O) groups is 1. The van der Waals surface area contributed by atoms with Crippen LogP contribution in [-0.2, 0) is 6.54 Å². The minimum atomic E-state index is -0.812. The van der Waals surface area contributed by atoms with E-state index in [9.17, 15) is 4.79 Å². The van der Waals surface area contributed by atoms with E-state index in [1.165, 1.54) is 4.90 Å². The van der Waals surface area contributed by atoms with Crippen LogP contribution in [0.3, 0.4) is 0 Å². The second-order valence-corrected chi connectivity index (χ2v) is 5.15. The Morgan fingerprint density at radius 1 is 1.39 bits per heavy atom. The summed E-state index contributed by atoms with van der Waals surface area (Å²) < 4.78 is 0. The normalized spacial score (nSPS) is 26.8. The molecule has 2 aliphatic rings. The molecule has 96 valence electrons. The molecule has 2 fully saturated rings. The van der Waals surface area contributed by atoms with E-state index in [0.717, 1.165) is 25.2 Å². The highest BCUT2D eigenvalue weighted by molar-refractivity contribution is 6.28. The molecule has 0 radical (unpaired) electrons. The van der Waals surface area contributed by atoms with Crippen molar-refractivity contribution < 1.29 is 9.90 Å². The largest absolute Gasteiger partial charge is 0.465 e. The number of hydrogen-bond acceptors (Lipinski definition) is 4. The molecule has 0 saturated carbocycles. The number of amides is 1. The molecule has 7 heteroatoms. The van der Waals surface area contributed by atoms with E-state index < -0.39 is 6.09 Å². The molecule has 2 atom stereocenters. The minimum Gasteiger partial charge on any atom is -0.465 e. The quantitative estimate of drug-likeness (QED) is 0.808. The molecule has 2 saturated heterocycles. The predicted molar refractivity (Wildman–Crippen MR) is 64.3 cm³/mol. The molecular weight excluding hydrogens is 256 g/mol. The maximum atomic E-state index is 10.9. The van der Waals surface area contributed by atoms with Gasteiger partial charge in [0, 0.05) is 50.1 Å². The Morgan fingerprint density at radius 3 is 2.78 bits per heavy atom. The molecular formula is C11H13ClN4O2. The monoisotopic (exact) mass is 268 g/mol. The van der Waals surface area contributed by atoms with Gasteiger partial charge in [0.25, 0.3) is 0 Å². The van der Waals surface area contributed by atoms with Crippen LogP contribution in [0.4, 0.5) is 4.79 Å². The summed E-state index contributed by atoms with van der Waals surface area (Å²) in [4.78, 5) is 22.5. The highest BCUT2D eigenvalue weighted by atomic mass is 35.5. The summed E-state index contributed by atoms with van der Waals surface area (Å²) in [6, 6.07) is 0.163. The van der Waals surface area contributed by atoms with Gasteiger partial charge in [0.2, 0.25) is 5.28 Å². The SMILES string of the molecule is O=C(O)N1C[C@H]2CN(Cc3cnc(Cl)nc3)C[C@H]21. The van der Waals surface area contributed by atoms with Crippen molar-refractivity contribution in [2.24, 2.45) is 5.92 Å². The Kier molecular flexibility index (Phi) is 2.83. The van der Waals surface area contributed by atoms with Gasteiger partial charge in [0.1, 0.15) is 0 Å². The van der Waals surface area contributed by atoms with E-state index in [2.05, 4.69) is 14.9 Å². The summed E-state index contributed by atoms with van der Waals surface area (Å²) in [7, 11) is 0. The fourth-order valence-corrected chi connectivity index (χ4v) is 2.85. The van der Waals surface area contributed by atoms with Crippen molar-refractivity contribution >= 4 is 17.7 Å². The molecule has 1 N–H and O–H groups in total. The van der Waals surface area contributed by atoms with Crippen molar-refractivity contribution in [2.75, 3.05) is 19.6 Å². The average molecular weight is 269 g/mol. The Labute approximate surface area is 109 Å². The van der Waals surface area contributed by atoms with E-state index >= 15 is 0 Å². The van der Waals surface area contributed by atoms with Crippen LogP contribution in [0.1, 0.15) is 5.56 Å². The lowest BCUT2D eigenvalue weighted by Crippen LogP contribution is -2.57. The van der Waals surface area contributed by atoms with Crippen LogP contribution in [0.2, 0.25) is 5.28 Å². The Bertz CT molecular complexity index is 467. The molecule has 1 aromatic rings. The van der Waals surface area contributed by atoms with E-state index in [4.69, 9.17) is 16.7 Å². The van der Waals surface area contributed by atoms with Gasteiger partial charge in [-0.2, -0.15) is 0 Å². The van der Waals surface area contributed by atoms with Gasteiger partial charge in [0.15, 0.2) is 0 Å². The number of halogens is 1. The van der Waals surface area contributed by atoms with E-state index in [-0.39, 0.29) is 11.3 Å². The van der Waals surface area contributed by atoms with Crippen LogP contribution in [0.15, 0.2) is 12.4 Å². The van der Waals surface area contributed by atoms with Crippen LogP contribution in [0.5, 0.6) is 0 Å². The molecule has 3 heterocycles. The van der Waals surface area contributed by atoms with Crippen LogP contribution < -0.4 is 0 Å². The Balaban J connectivity index is 1.60. The molecule has 3 rings (SSSR count). The first-order valence-corrected chi connectivity index (χ1v) is 6.19. The summed E-state index contributed by atoms with van der Waals surface area (Å²) in [5.74, 6) is 0.481. The van der Waals surface area contributed by atoms with Gasteiger partial charge >= 0.3 is 6.09 Å². The second kappa shape index (κ2) is 4.37. The van der Waals surface area contributed by atoms with Gasteiger partial charge < -0.3 is 10.0 Å². The zero-order valence-corrected chi connectivity index (χ0v) is 10.4. The smallest absolute Gasteiger partial charge is 0.407 e. The zero-order valence-electron chi connectivity index (χ0n) is 9.66. The summed E-state index contributed by atoms with van der Waals surface area (Å²) in [5, 5.41) is 9.21. The molecule has 0 aromatic carbocycles. The molecule has 6 nitrogen and oxygen atoms in total. The van der Waals surface area contributed by atoms with Crippen LogP contribution in [0.25, 0.3) is 0 Å². The summed E-state index contributed by atoms with van der Waals surface area (Å²) in [5.41, 5.74) is 1.00. The summed E-state index contributed by atoms with van der Waals surface area (Å²) >= 11 is 5.63. The molecule has 0 unspecified atom stereocenters. The number of carboxylic acid groups (broad SMARTS) is 1. The van der Waals surface area contributed by atoms with Crippen molar-refractivity contribution in [3.8, 4) is 0 Å². The summed E-state index contributed by atoms with van der Waals surface area (Å²) in [6.07, 6.45) is 2.61. The molecule has 2 aliphatic heterocycles. The van der Waals surface area contributed by atoms with Gasteiger partial charge in [-0.1, -0.05) is 0 Å². The molecule has 0 bridgehead atoms. The Morgan fingerprint density at radius 2 is 2.11 bits per heavy atom. The fourth-order valence-electron chi connectivity index (χ4n) is 2.75. The van der Waals surface area contributed by atoms with Crippen molar-refractivity contribution in [1.82, 2.24) is 19.8 Å². The van der Waals surface area contributed by atoms with Crippen LogP contribution >= 0.6 is 11.6 Å². The first-order chi connectivity index (χ1) is 8.63. The Hall–Kier alpha value is -1.40. The number of hydrogen-bond donors (Lipinski definition) is 1. The van der Waals surface area contributed by atoms with E-state index in [1.807, 2.05) is 0 Å². The van der Waals surface area contributed by atoms with Crippen molar-refractivity contribution in [3.05, 3.63) is 23.2 Å². The number of nitrogens with zero attached hydrogens (tertiary/aromatic N) is 4. The highest BCUT2D eigenvalue weighted by Gasteiger charge is 2.47.